The van der Waals surface area contributed by atoms with Crippen molar-refractivity contribution in [1.29, 1.82) is 0 Å². The van der Waals surface area contributed by atoms with Crippen molar-refractivity contribution in [3.63, 3.8) is 0 Å². The third-order valence-corrected chi connectivity index (χ3v) is 3.66. The molecule has 0 atom stereocenters. The quantitative estimate of drug-likeness (QED) is 0.857. The van der Waals surface area contributed by atoms with E-state index in [1.54, 1.807) is 12.1 Å². The molecule has 0 aliphatic heterocycles. The number of hydrogen-bond donors (Lipinski definition) is 0. The number of rotatable bonds is 4. The summed E-state index contributed by atoms with van der Waals surface area (Å²) in [5.74, 6) is 0.622. The predicted octanol–water partition coefficient (Wildman–Crippen LogP) is 4.00. The first-order chi connectivity index (χ1) is 9.91. The molecule has 0 spiro atoms. The van der Waals surface area contributed by atoms with Crippen LogP contribution < -0.4 is 4.74 Å². The van der Waals surface area contributed by atoms with Gasteiger partial charge in [0.25, 0.3) is 5.91 Å². The van der Waals surface area contributed by atoms with Crippen molar-refractivity contribution < 1.29 is 9.53 Å². The van der Waals surface area contributed by atoms with Crippen LogP contribution in [0.1, 0.15) is 41.5 Å². The summed E-state index contributed by atoms with van der Waals surface area (Å²) in [4.78, 5) is 12.3. The van der Waals surface area contributed by atoms with E-state index in [0.717, 1.165) is 17.0 Å². The second kappa shape index (κ2) is 6.31. The monoisotopic (exact) mass is 306 g/mol. The van der Waals surface area contributed by atoms with Crippen LogP contribution in [0.2, 0.25) is 5.02 Å². The van der Waals surface area contributed by atoms with Crippen LogP contribution in [0.5, 0.6) is 5.75 Å². The van der Waals surface area contributed by atoms with Crippen LogP contribution in [-0.4, -0.2) is 22.3 Å². The van der Waals surface area contributed by atoms with Crippen LogP contribution in [0.25, 0.3) is 0 Å². The second-order valence-electron chi connectivity index (χ2n) is 5.26. The Kier molecular flexibility index (Phi) is 4.68. The fourth-order valence-electron chi connectivity index (χ4n) is 2.50. The zero-order valence-corrected chi connectivity index (χ0v) is 13.4. The SMILES string of the molecule is Cc1nn(C(=O)COc2ccccc2Cl)c(C)c1C(C)C. The lowest BCUT2D eigenvalue weighted by molar-refractivity contribution is 0.0818. The molecule has 5 heteroatoms. The number of carbonyl (C=O) groups is 1. The molecule has 2 aromatic rings. The van der Waals surface area contributed by atoms with Crippen molar-refractivity contribution in [3.8, 4) is 5.75 Å². The van der Waals surface area contributed by atoms with Crippen molar-refractivity contribution in [2.75, 3.05) is 6.61 Å². The normalized spacial score (nSPS) is 11.0. The molecule has 1 aromatic heterocycles. The largest absolute Gasteiger partial charge is 0.482 e. The van der Waals surface area contributed by atoms with Gasteiger partial charge in [-0.15, -0.1) is 0 Å². The van der Waals surface area contributed by atoms with Gasteiger partial charge in [-0.1, -0.05) is 37.6 Å². The topological polar surface area (TPSA) is 44.1 Å². The van der Waals surface area contributed by atoms with Crippen molar-refractivity contribution in [1.82, 2.24) is 9.78 Å². The Labute approximate surface area is 129 Å². The predicted molar refractivity (Wildman–Crippen MR) is 83.4 cm³/mol. The minimum atomic E-state index is -0.206. The summed E-state index contributed by atoms with van der Waals surface area (Å²) >= 11 is 6.00. The van der Waals surface area contributed by atoms with Gasteiger partial charge in [0.15, 0.2) is 6.61 Å². The number of aromatic nitrogens is 2. The minimum absolute atomic E-state index is 0.0940. The van der Waals surface area contributed by atoms with Gasteiger partial charge in [0.2, 0.25) is 0 Å². The maximum absolute atomic E-state index is 12.3. The third kappa shape index (κ3) is 3.27. The van der Waals surface area contributed by atoms with E-state index in [1.807, 2.05) is 26.0 Å². The number of hydrogen-bond acceptors (Lipinski definition) is 3. The number of aryl methyl sites for hydroxylation is 1. The molecule has 0 aliphatic carbocycles. The molecule has 1 heterocycles. The van der Waals surface area contributed by atoms with E-state index in [4.69, 9.17) is 16.3 Å². The third-order valence-electron chi connectivity index (χ3n) is 3.35. The molecule has 0 N–H and O–H groups in total. The van der Waals surface area contributed by atoms with Gasteiger partial charge < -0.3 is 4.74 Å². The summed E-state index contributed by atoms with van der Waals surface area (Å²) in [6, 6.07) is 7.08. The zero-order valence-electron chi connectivity index (χ0n) is 12.7. The van der Waals surface area contributed by atoms with Gasteiger partial charge in [-0.2, -0.15) is 5.10 Å². The van der Waals surface area contributed by atoms with E-state index in [1.165, 1.54) is 4.68 Å². The minimum Gasteiger partial charge on any atom is -0.482 e. The molecule has 0 bridgehead atoms. The van der Waals surface area contributed by atoms with E-state index in [-0.39, 0.29) is 12.5 Å². The molecule has 0 amide bonds. The number of benzene rings is 1. The van der Waals surface area contributed by atoms with Crippen LogP contribution >= 0.6 is 11.6 Å². The Morgan fingerprint density at radius 1 is 1.33 bits per heavy atom. The number of nitrogens with zero attached hydrogens (tertiary/aromatic N) is 2. The highest BCUT2D eigenvalue weighted by Crippen LogP contribution is 2.24. The molecular formula is C16H19ClN2O2. The van der Waals surface area contributed by atoms with Crippen molar-refractivity contribution >= 4 is 17.5 Å². The van der Waals surface area contributed by atoms with Gasteiger partial charge in [-0.3, -0.25) is 4.79 Å². The first-order valence-electron chi connectivity index (χ1n) is 6.88. The van der Waals surface area contributed by atoms with Gasteiger partial charge in [-0.25, -0.2) is 4.68 Å². The summed E-state index contributed by atoms with van der Waals surface area (Å²) in [6.07, 6.45) is 0. The Hall–Kier alpha value is -1.81. The molecule has 112 valence electrons. The molecule has 0 unspecified atom stereocenters. The highest BCUT2D eigenvalue weighted by Gasteiger charge is 2.19. The number of ether oxygens (including phenoxy) is 1. The number of halogens is 1. The molecular weight excluding hydrogens is 288 g/mol. The Morgan fingerprint density at radius 3 is 2.57 bits per heavy atom. The second-order valence-corrected chi connectivity index (χ2v) is 5.67. The summed E-state index contributed by atoms with van der Waals surface area (Å²) in [7, 11) is 0. The smallest absolute Gasteiger partial charge is 0.284 e. The lowest BCUT2D eigenvalue weighted by Crippen LogP contribution is -2.22. The first-order valence-corrected chi connectivity index (χ1v) is 7.26. The van der Waals surface area contributed by atoms with E-state index < -0.39 is 0 Å². The standard InChI is InChI=1S/C16H19ClN2O2/c1-10(2)16-11(3)18-19(12(16)4)15(20)9-21-14-8-6-5-7-13(14)17/h5-8,10H,9H2,1-4H3. The van der Waals surface area contributed by atoms with Gasteiger partial charge in [0.05, 0.1) is 10.7 Å². The van der Waals surface area contributed by atoms with Gasteiger partial charge in [-0.05, 0) is 37.5 Å². The van der Waals surface area contributed by atoms with Crippen LogP contribution in [-0.2, 0) is 0 Å². The van der Waals surface area contributed by atoms with E-state index in [9.17, 15) is 4.79 Å². The van der Waals surface area contributed by atoms with Crippen molar-refractivity contribution in [2.24, 2.45) is 0 Å². The first kappa shape index (κ1) is 15.6. The average Bonchev–Trinajstić information content (AvgIpc) is 2.73. The fourth-order valence-corrected chi connectivity index (χ4v) is 2.69. The Balaban J connectivity index is 2.15. The van der Waals surface area contributed by atoms with Crippen LogP contribution in [0.15, 0.2) is 24.3 Å². The average molecular weight is 307 g/mol. The van der Waals surface area contributed by atoms with Gasteiger partial charge in [0, 0.05) is 5.69 Å². The molecule has 21 heavy (non-hydrogen) atoms. The number of para-hydroxylation sites is 1. The van der Waals surface area contributed by atoms with Gasteiger partial charge in [0.1, 0.15) is 5.75 Å². The molecule has 0 fully saturated rings. The molecule has 4 nitrogen and oxygen atoms in total. The lowest BCUT2D eigenvalue weighted by Gasteiger charge is -2.09. The van der Waals surface area contributed by atoms with Crippen LogP contribution in [0.3, 0.4) is 0 Å². The Bertz CT molecular complexity index is 662. The summed E-state index contributed by atoms with van der Waals surface area (Å²) in [6.45, 7) is 7.91. The molecule has 0 saturated carbocycles. The molecule has 0 radical (unpaired) electrons. The van der Waals surface area contributed by atoms with Crippen molar-refractivity contribution in [2.45, 2.75) is 33.6 Å². The molecule has 0 saturated heterocycles. The zero-order chi connectivity index (χ0) is 15.6. The maximum Gasteiger partial charge on any atom is 0.284 e. The van der Waals surface area contributed by atoms with Crippen LogP contribution in [0, 0.1) is 13.8 Å². The molecule has 1 aromatic carbocycles. The van der Waals surface area contributed by atoms with E-state index in [0.29, 0.717) is 16.7 Å². The van der Waals surface area contributed by atoms with Crippen molar-refractivity contribution in [3.05, 3.63) is 46.2 Å². The highest BCUT2D eigenvalue weighted by atomic mass is 35.5. The summed E-state index contributed by atoms with van der Waals surface area (Å²) < 4.78 is 6.89. The van der Waals surface area contributed by atoms with E-state index in [2.05, 4.69) is 18.9 Å². The van der Waals surface area contributed by atoms with Gasteiger partial charge >= 0.3 is 0 Å². The highest BCUT2D eigenvalue weighted by molar-refractivity contribution is 6.32. The summed E-state index contributed by atoms with van der Waals surface area (Å²) in [5, 5.41) is 4.81. The number of carbonyl (C=O) groups excluding carboxylic acids is 1. The fraction of sp³-hybridized carbons (Fsp3) is 0.375. The molecule has 0 aliphatic rings. The molecule has 2 rings (SSSR count). The Morgan fingerprint density at radius 2 is 2.00 bits per heavy atom. The van der Waals surface area contributed by atoms with Crippen LogP contribution in [0.4, 0.5) is 0 Å². The van der Waals surface area contributed by atoms with E-state index >= 15 is 0 Å². The maximum atomic E-state index is 12.3. The lowest BCUT2D eigenvalue weighted by atomic mass is 10.0. The summed E-state index contributed by atoms with van der Waals surface area (Å²) in [5.41, 5.74) is 2.87.